The maximum atomic E-state index is 13.6. The summed E-state index contributed by atoms with van der Waals surface area (Å²) in [7, 11) is -2.10. The molecular formula is C22H25FN4O3S. The molecule has 0 amide bonds. The number of hydrogen-bond acceptors (Lipinski definition) is 5. The molecule has 2 N–H and O–H groups in total. The number of fused-ring (bicyclic) bond motifs is 3. The molecule has 5 rings (SSSR count). The minimum atomic E-state index is -3.70. The number of methoxy groups -OCH3 is 1. The summed E-state index contributed by atoms with van der Waals surface area (Å²) in [5.41, 5.74) is 3.39. The van der Waals surface area contributed by atoms with Gasteiger partial charge in [-0.3, -0.25) is 0 Å². The molecule has 0 atom stereocenters. The number of ether oxygens (including phenoxy) is 1. The minimum absolute atomic E-state index is 0.239. The van der Waals surface area contributed by atoms with Crippen LogP contribution < -0.4 is 15.0 Å². The average Bonchev–Trinajstić information content (AvgIpc) is 3.15. The van der Waals surface area contributed by atoms with Gasteiger partial charge in [0.1, 0.15) is 11.6 Å². The molecule has 2 aromatic carbocycles. The highest BCUT2D eigenvalue weighted by atomic mass is 32.2. The number of hydrogen-bond donors (Lipinski definition) is 2. The molecule has 1 aromatic heterocycles. The summed E-state index contributed by atoms with van der Waals surface area (Å²) in [6.07, 6.45) is 0.584. The Morgan fingerprint density at radius 3 is 2.65 bits per heavy atom. The van der Waals surface area contributed by atoms with Crippen LogP contribution in [0.1, 0.15) is 11.3 Å². The van der Waals surface area contributed by atoms with E-state index >= 15 is 0 Å². The van der Waals surface area contributed by atoms with E-state index in [0.29, 0.717) is 24.2 Å². The van der Waals surface area contributed by atoms with Crippen molar-refractivity contribution >= 4 is 26.6 Å². The fourth-order valence-electron chi connectivity index (χ4n) is 4.53. The molecule has 0 saturated carbocycles. The molecule has 3 aromatic rings. The van der Waals surface area contributed by atoms with Gasteiger partial charge in [0.15, 0.2) is 0 Å². The predicted molar refractivity (Wildman–Crippen MR) is 118 cm³/mol. The van der Waals surface area contributed by atoms with E-state index in [9.17, 15) is 12.8 Å². The molecular weight excluding hydrogens is 419 g/mol. The summed E-state index contributed by atoms with van der Waals surface area (Å²) in [4.78, 5) is 5.62. The van der Waals surface area contributed by atoms with Crippen LogP contribution in [0.25, 0.3) is 10.9 Å². The summed E-state index contributed by atoms with van der Waals surface area (Å²) in [6.45, 7) is 3.89. The molecule has 7 nitrogen and oxygen atoms in total. The SMILES string of the molecule is COc1ccc(S(=O)(=O)N2CCc3c([nH]c4cc(F)ccc34)C2)cc1N1CCNCC1. The van der Waals surface area contributed by atoms with E-state index in [1.54, 1.807) is 31.4 Å². The van der Waals surface area contributed by atoms with Crippen LogP contribution in [0.3, 0.4) is 0 Å². The van der Waals surface area contributed by atoms with Gasteiger partial charge in [0.25, 0.3) is 0 Å². The Hall–Kier alpha value is -2.62. The number of benzene rings is 2. The second-order valence-corrected chi connectivity index (χ2v) is 9.87. The molecule has 1 fully saturated rings. The highest BCUT2D eigenvalue weighted by molar-refractivity contribution is 7.89. The molecule has 0 unspecified atom stereocenters. The number of sulfonamides is 1. The number of aromatic nitrogens is 1. The summed E-state index contributed by atoms with van der Waals surface area (Å²) in [5.74, 6) is 0.355. The summed E-state index contributed by atoms with van der Waals surface area (Å²) < 4.78 is 47.5. The molecule has 0 radical (unpaired) electrons. The zero-order chi connectivity index (χ0) is 21.6. The molecule has 164 valence electrons. The van der Waals surface area contributed by atoms with Crippen LogP contribution in [-0.2, 0) is 23.0 Å². The summed E-state index contributed by atoms with van der Waals surface area (Å²) in [6, 6.07) is 9.70. The first-order chi connectivity index (χ1) is 15.0. The van der Waals surface area contributed by atoms with Crippen LogP contribution in [0.4, 0.5) is 10.1 Å². The second-order valence-electron chi connectivity index (χ2n) is 7.93. The van der Waals surface area contributed by atoms with Crippen molar-refractivity contribution in [3.8, 4) is 5.75 Å². The molecule has 2 aliphatic heterocycles. The molecule has 9 heteroatoms. The Labute approximate surface area is 180 Å². The monoisotopic (exact) mass is 444 g/mol. The standard InChI is InChI=1S/C22H25FN4O3S/c1-30-22-5-3-16(13-21(22)26-10-7-24-8-11-26)31(28,29)27-9-6-18-17-4-2-15(23)12-19(17)25-20(18)14-27/h2-5,12-13,24-25H,6-11,14H2,1H3. The number of halogens is 1. The molecule has 0 aliphatic carbocycles. The minimum Gasteiger partial charge on any atom is -0.495 e. The van der Waals surface area contributed by atoms with Crippen LogP contribution in [0.15, 0.2) is 41.3 Å². The molecule has 0 spiro atoms. The van der Waals surface area contributed by atoms with E-state index in [1.807, 2.05) is 0 Å². The van der Waals surface area contributed by atoms with Gasteiger partial charge in [-0.25, -0.2) is 12.8 Å². The highest BCUT2D eigenvalue weighted by Crippen LogP contribution is 2.34. The van der Waals surface area contributed by atoms with Gasteiger partial charge < -0.3 is 19.9 Å². The van der Waals surface area contributed by atoms with Crippen LogP contribution in [-0.4, -0.2) is 57.5 Å². The number of H-pyrrole nitrogens is 1. The van der Waals surface area contributed by atoms with Crippen molar-refractivity contribution < 1.29 is 17.5 Å². The van der Waals surface area contributed by atoms with Gasteiger partial charge in [-0.2, -0.15) is 4.31 Å². The third kappa shape index (κ3) is 3.56. The van der Waals surface area contributed by atoms with Gasteiger partial charge >= 0.3 is 0 Å². The first-order valence-corrected chi connectivity index (χ1v) is 11.8. The number of nitrogens with one attached hydrogen (secondary N) is 2. The van der Waals surface area contributed by atoms with E-state index < -0.39 is 10.0 Å². The largest absolute Gasteiger partial charge is 0.495 e. The Bertz CT molecular complexity index is 1240. The lowest BCUT2D eigenvalue weighted by Gasteiger charge is -2.31. The number of aromatic amines is 1. The maximum absolute atomic E-state index is 13.6. The van der Waals surface area contributed by atoms with Crippen molar-refractivity contribution in [1.29, 1.82) is 0 Å². The van der Waals surface area contributed by atoms with Crippen LogP contribution in [0.2, 0.25) is 0 Å². The summed E-state index contributed by atoms with van der Waals surface area (Å²) >= 11 is 0. The number of anilines is 1. The van der Waals surface area contributed by atoms with Crippen LogP contribution >= 0.6 is 0 Å². The first kappa shape index (κ1) is 20.3. The summed E-state index contributed by atoms with van der Waals surface area (Å²) in [5, 5.41) is 4.26. The van der Waals surface area contributed by atoms with Gasteiger partial charge in [0.2, 0.25) is 10.0 Å². The van der Waals surface area contributed by atoms with Crippen LogP contribution in [0.5, 0.6) is 5.75 Å². The van der Waals surface area contributed by atoms with Crippen molar-refractivity contribution in [3.63, 3.8) is 0 Å². The molecule has 31 heavy (non-hydrogen) atoms. The van der Waals surface area contributed by atoms with Crippen molar-refractivity contribution in [2.45, 2.75) is 17.9 Å². The van der Waals surface area contributed by atoms with E-state index in [1.165, 1.54) is 16.4 Å². The maximum Gasteiger partial charge on any atom is 0.243 e. The van der Waals surface area contributed by atoms with Gasteiger partial charge in [0.05, 0.1) is 24.2 Å². The third-order valence-corrected chi connectivity index (χ3v) is 7.99. The molecule has 3 heterocycles. The van der Waals surface area contributed by atoms with Crippen LogP contribution in [0, 0.1) is 5.82 Å². The third-order valence-electron chi connectivity index (χ3n) is 6.15. The van der Waals surface area contributed by atoms with Gasteiger partial charge in [-0.15, -0.1) is 0 Å². The highest BCUT2D eigenvalue weighted by Gasteiger charge is 2.31. The Balaban J connectivity index is 1.47. The smallest absolute Gasteiger partial charge is 0.243 e. The lowest BCUT2D eigenvalue weighted by Crippen LogP contribution is -2.43. The number of piperazine rings is 1. The van der Waals surface area contributed by atoms with Crippen molar-refractivity contribution in [2.24, 2.45) is 0 Å². The van der Waals surface area contributed by atoms with Gasteiger partial charge in [-0.05, 0) is 48.4 Å². The van der Waals surface area contributed by atoms with E-state index in [0.717, 1.165) is 48.5 Å². The lowest BCUT2D eigenvalue weighted by molar-refractivity contribution is 0.388. The zero-order valence-corrected chi connectivity index (χ0v) is 18.1. The quantitative estimate of drug-likeness (QED) is 0.647. The Morgan fingerprint density at radius 1 is 1.06 bits per heavy atom. The zero-order valence-electron chi connectivity index (χ0n) is 17.3. The molecule has 1 saturated heterocycles. The second kappa shape index (κ2) is 7.81. The van der Waals surface area contributed by atoms with Crippen molar-refractivity contribution in [2.75, 3.05) is 44.7 Å². The van der Waals surface area contributed by atoms with E-state index in [2.05, 4.69) is 15.2 Å². The van der Waals surface area contributed by atoms with Gasteiger partial charge in [0, 0.05) is 49.3 Å². The number of rotatable bonds is 4. The van der Waals surface area contributed by atoms with E-state index in [-0.39, 0.29) is 17.3 Å². The molecule has 0 bridgehead atoms. The normalized spacial score (nSPS) is 17.7. The Kier molecular flexibility index (Phi) is 5.11. The predicted octanol–water partition coefficient (Wildman–Crippen LogP) is 2.47. The fraction of sp³-hybridized carbons (Fsp3) is 0.364. The number of nitrogens with zero attached hydrogens (tertiary/aromatic N) is 2. The molecule has 2 aliphatic rings. The fourth-order valence-corrected chi connectivity index (χ4v) is 5.96. The van der Waals surface area contributed by atoms with Gasteiger partial charge in [-0.1, -0.05) is 0 Å². The Morgan fingerprint density at radius 2 is 1.87 bits per heavy atom. The van der Waals surface area contributed by atoms with Crippen molar-refractivity contribution in [1.82, 2.24) is 14.6 Å². The topological polar surface area (TPSA) is 77.7 Å². The average molecular weight is 445 g/mol. The van der Waals surface area contributed by atoms with Crippen molar-refractivity contribution in [3.05, 3.63) is 53.5 Å². The van der Waals surface area contributed by atoms with E-state index in [4.69, 9.17) is 4.74 Å². The lowest BCUT2D eigenvalue weighted by atomic mass is 10.0. The first-order valence-electron chi connectivity index (χ1n) is 10.4.